The molecule has 0 aliphatic rings. The van der Waals surface area contributed by atoms with E-state index in [1.54, 1.807) is 0 Å². The van der Waals surface area contributed by atoms with Crippen molar-refractivity contribution in [3.8, 4) is 0 Å². The molecule has 1 heterocycles. The lowest BCUT2D eigenvalue weighted by atomic mass is 10.2. The fourth-order valence-corrected chi connectivity index (χ4v) is 4.51. The largest absolute Gasteiger partial charge is 0.398 e. The molecule has 2 rings (SSSR count). The number of aromatic nitrogens is 2. The number of anilines is 1. The predicted octanol–water partition coefficient (Wildman–Crippen LogP) is 3.43. The molecule has 0 bridgehead atoms. The van der Waals surface area contributed by atoms with E-state index in [9.17, 15) is 4.21 Å². The summed E-state index contributed by atoms with van der Waals surface area (Å²) in [7, 11) is -1.14. The Morgan fingerprint density at radius 1 is 1.38 bits per heavy atom. The number of nitrogens with zero attached hydrogens (tertiary/aromatic N) is 2. The molecule has 0 saturated heterocycles. The summed E-state index contributed by atoms with van der Waals surface area (Å²) < 4.78 is 15.6. The lowest BCUT2D eigenvalue weighted by Crippen LogP contribution is -2.08. The molecule has 6 heteroatoms. The molecule has 1 aromatic heterocycles. The number of halogens is 1. The molecule has 114 valence electrons. The molecule has 21 heavy (non-hydrogen) atoms. The Balaban J connectivity index is 2.36. The maximum Gasteiger partial charge on any atom is 0.0767 e. The van der Waals surface area contributed by atoms with Crippen molar-refractivity contribution in [1.29, 1.82) is 0 Å². The molecule has 4 nitrogen and oxygen atoms in total. The van der Waals surface area contributed by atoms with Crippen LogP contribution in [0.3, 0.4) is 0 Å². The van der Waals surface area contributed by atoms with Gasteiger partial charge in [-0.25, -0.2) is 0 Å². The first-order valence-electron chi connectivity index (χ1n) is 6.97. The normalized spacial score (nSPS) is 12.6. The molecule has 0 radical (unpaired) electrons. The van der Waals surface area contributed by atoms with Crippen molar-refractivity contribution in [2.24, 2.45) is 0 Å². The fourth-order valence-electron chi connectivity index (χ4n) is 2.24. The van der Waals surface area contributed by atoms with Crippen LogP contribution in [0, 0.1) is 6.92 Å². The molecule has 0 amide bonds. The number of rotatable bonds is 5. The van der Waals surface area contributed by atoms with Crippen molar-refractivity contribution < 1.29 is 4.21 Å². The second-order valence-corrected chi connectivity index (χ2v) is 7.05. The SMILES string of the molecule is CCc1nn(CC)c(CS(=O)c2cccc(N)c2C)c1Br. The first kappa shape index (κ1) is 16.2. The molecule has 0 aliphatic heterocycles. The number of benzene rings is 1. The molecule has 0 saturated carbocycles. The van der Waals surface area contributed by atoms with Gasteiger partial charge in [0.1, 0.15) is 0 Å². The summed E-state index contributed by atoms with van der Waals surface area (Å²) in [5, 5.41) is 4.54. The minimum atomic E-state index is -1.14. The molecule has 2 N–H and O–H groups in total. The first-order chi connectivity index (χ1) is 9.99. The Morgan fingerprint density at radius 2 is 2.10 bits per heavy atom. The van der Waals surface area contributed by atoms with Gasteiger partial charge in [-0.05, 0) is 53.9 Å². The molecule has 2 aromatic rings. The van der Waals surface area contributed by atoms with E-state index in [1.165, 1.54) is 0 Å². The third-order valence-corrected chi connectivity index (χ3v) is 5.92. The van der Waals surface area contributed by atoms with Gasteiger partial charge < -0.3 is 5.73 Å². The molecular formula is C15H20BrN3OS. The van der Waals surface area contributed by atoms with E-state index in [4.69, 9.17) is 5.73 Å². The smallest absolute Gasteiger partial charge is 0.0767 e. The summed E-state index contributed by atoms with van der Waals surface area (Å²) >= 11 is 3.59. The van der Waals surface area contributed by atoms with Crippen LogP contribution >= 0.6 is 15.9 Å². The van der Waals surface area contributed by atoms with Crippen LogP contribution in [-0.2, 0) is 29.5 Å². The molecule has 0 spiro atoms. The number of nitrogen functional groups attached to an aromatic ring is 1. The number of aryl methyl sites for hydroxylation is 2. The van der Waals surface area contributed by atoms with Gasteiger partial charge in [-0.1, -0.05) is 13.0 Å². The third-order valence-electron chi connectivity index (χ3n) is 3.53. The Morgan fingerprint density at radius 3 is 2.71 bits per heavy atom. The van der Waals surface area contributed by atoms with Crippen molar-refractivity contribution >= 4 is 32.4 Å². The van der Waals surface area contributed by atoms with E-state index in [-0.39, 0.29) is 0 Å². The van der Waals surface area contributed by atoms with Gasteiger partial charge in [0.25, 0.3) is 0 Å². The molecule has 0 aliphatic carbocycles. The quantitative estimate of drug-likeness (QED) is 0.821. The van der Waals surface area contributed by atoms with Crippen LogP contribution in [0.25, 0.3) is 0 Å². The standard InChI is InChI=1S/C15H20BrN3OS/c1-4-12-15(16)13(19(5-2)18-12)9-21(20)14-8-6-7-11(17)10(14)3/h6-8H,4-5,9,17H2,1-3H3. The lowest BCUT2D eigenvalue weighted by Gasteiger charge is -2.09. The highest BCUT2D eigenvalue weighted by Crippen LogP contribution is 2.27. The zero-order chi connectivity index (χ0) is 15.6. The van der Waals surface area contributed by atoms with Gasteiger partial charge >= 0.3 is 0 Å². The van der Waals surface area contributed by atoms with Gasteiger partial charge in [-0.15, -0.1) is 0 Å². The Hall–Kier alpha value is -1.14. The average Bonchev–Trinajstić information content (AvgIpc) is 2.78. The van der Waals surface area contributed by atoms with Gasteiger partial charge in [0.2, 0.25) is 0 Å². The Bertz CT molecular complexity index is 682. The third kappa shape index (κ3) is 3.21. The Kier molecular flexibility index (Phi) is 5.22. The highest BCUT2D eigenvalue weighted by molar-refractivity contribution is 9.10. The topological polar surface area (TPSA) is 60.9 Å². The van der Waals surface area contributed by atoms with Crippen LogP contribution in [0.4, 0.5) is 5.69 Å². The van der Waals surface area contributed by atoms with E-state index in [0.717, 1.165) is 39.3 Å². The maximum atomic E-state index is 12.7. The zero-order valence-corrected chi connectivity index (χ0v) is 14.9. The second kappa shape index (κ2) is 6.75. The minimum Gasteiger partial charge on any atom is -0.398 e. The van der Waals surface area contributed by atoms with Crippen molar-refractivity contribution in [3.05, 3.63) is 39.6 Å². The van der Waals surface area contributed by atoms with Gasteiger partial charge in [0, 0.05) is 17.1 Å². The van der Waals surface area contributed by atoms with Crippen molar-refractivity contribution in [2.45, 2.75) is 44.4 Å². The lowest BCUT2D eigenvalue weighted by molar-refractivity contribution is 0.623. The summed E-state index contributed by atoms with van der Waals surface area (Å²) in [6.07, 6.45) is 0.852. The van der Waals surface area contributed by atoms with Crippen LogP contribution in [0.1, 0.15) is 30.8 Å². The second-order valence-electron chi connectivity index (χ2n) is 4.84. The van der Waals surface area contributed by atoms with Gasteiger partial charge in [-0.2, -0.15) is 5.10 Å². The number of nitrogens with two attached hydrogens (primary N) is 1. The molecule has 1 unspecified atom stereocenters. The minimum absolute atomic E-state index is 0.436. The summed E-state index contributed by atoms with van der Waals surface area (Å²) in [6, 6.07) is 5.56. The predicted molar refractivity (Wildman–Crippen MR) is 90.7 cm³/mol. The van der Waals surface area contributed by atoms with Crippen LogP contribution in [0.15, 0.2) is 27.6 Å². The van der Waals surface area contributed by atoms with Gasteiger partial charge in [-0.3, -0.25) is 8.89 Å². The molecule has 0 fully saturated rings. The zero-order valence-electron chi connectivity index (χ0n) is 12.5. The number of hydrogen-bond acceptors (Lipinski definition) is 3. The van der Waals surface area contributed by atoms with Crippen LogP contribution in [-0.4, -0.2) is 14.0 Å². The monoisotopic (exact) mass is 369 g/mol. The molecule has 1 aromatic carbocycles. The molecular weight excluding hydrogens is 350 g/mol. The number of hydrogen-bond donors (Lipinski definition) is 1. The van der Waals surface area contributed by atoms with E-state index < -0.39 is 10.8 Å². The fraction of sp³-hybridized carbons (Fsp3) is 0.400. The highest BCUT2D eigenvalue weighted by Gasteiger charge is 2.18. The molecule has 1 atom stereocenters. The van der Waals surface area contributed by atoms with E-state index >= 15 is 0 Å². The summed E-state index contributed by atoms with van der Waals surface area (Å²) in [5.74, 6) is 0.436. The van der Waals surface area contributed by atoms with Crippen LogP contribution < -0.4 is 5.73 Å². The van der Waals surface area contributed by atoms with Crippen molar-refractivity contribution in [3.63, 3.8) is 0 Å². The van der Waals surface area contributed by atoms with E-state index in [0.29, 0.717) is 11.4 Å². The van der Waals surface area contributed by atoms with E-state index in [1.807, 2.05) is 36.7 Å². The van der Waals surface area contributed by atoms with Crippen LogP contribution in [0.2, 0.25) is 0 Å². The summed E-state index contributed by atoms with van der Waals surface area (Å²) in [5.41, 5.74) is 9.46. The van der Waals surface area contributed by atoms with Crippen molar-refractivity contribution in [1.82, 2.24) is 9.78 Å². The highest BCUT2D eigenvalue weighted by atomic mass is 79.9. The maximum absolute atomic E-state index is 12.7. The first-order valence-corrected chi connectivity index (χ1v) is 9.08. The summed E-state index contributed by atoms with van der Waals surface area (Å²) in [4.78, 5) is 0.795. The Labute approximate surface area is 136 Å². The van der Waals surface area contributed by atoms with Gasteiger partial charge in [0.15, 0.2) is 0 Å². The van der Waals surface area contributed by atoms with Crippen molar-refractivity contribution in [2.75, 3.05) is 5.73 Å². The van der Waals surface area contributed by atoms with Gasteiger partial charge in [0.05, 0.1) is 32.4 Å². The average molecular weight is 370 g/mol. The van der Waals surface area contributed by atoms with Crippen LogP contribution in [0.5, 0.6) is 0 Å². The van der Waals surface area contributed by atoms with E-state index in [2.05, 4.69) is 28.0 Å². The summed E-state index contributed by atoms with van der Waals surface area (Å²) in [6.45, 7) is 6.78.